The summed E-state index contributed by atoms with van der Waals surface area (Å²) < 4.78 is 33.5. The Labute approximate surface area is 149 Å². The van der Waals surface area contributed by atoms with Crippen LogP contribution in [0.15, 0.2) is 24.3 Å². The summed E-state index contributed by atoms with van der Waals surface area (Å²) in [6, 6.07) is 7.12. The van der Waals surface area contributed by atoms with Crippen molar-refractivity contribution >= 4 is 10.0 Å². The van der Waals surface area contributed by atoms with Gasteiger partial charge in [0.25, 0.3) is 0 Å². The van der Waals surface area contributed by atoms with Crippen LogP contribution >= 0.6 is 0 Å². The van der Waals surface area contributed by atoms with Crippen LogP contribution in [0.3, 0.4) is 0 Å². The molecule has 0 bridgehead atoms. The Bertz CT molecular complexity index is 659. The molecule has 0 saturated carbocycles. The van der Waals surface area contributed by atoms with E-state index in [-0.39, 0.29) is 12.6 Å². The second-order valence-electron chi connectivity index (χ2n) is 6.59. The summed E-state index contributed by atoms with van der Waals surface area (Å²) in [5, 5.41) is 0.996. The molecule has 2 aliphatic heterocycles. The Morgan fingerprint density at radius 2 is 1.92 bits per heavy atom. The third-order valence-corrected chi connectivity index (χ3v) is 6.77. The molecule has 0 aromatic heterocycles. The minimum absolute atomic E-state index is 0.159. The number of benzene rings is 1. The molecule has 2 unspecified atom stereocenters. The highest BCUT2D eigenvalue weighted by Crippen LogP contribution is 2.33. The minimum Gasteiger partial charge on any atom is -0.497 e. The number of likely N-dealkylation sites (tertiary alicyclic amines) is 1. The molecule has 140 valence electrons. The molecule has 1 aromatic rings. The maximum absolute atomic E-state index is 12.8. The molecule has 2 aliphatic rings. The third kappa shape index (κ3) is 4.32. The van der Waals surface area contributed by atoms with Gasteiger partial charge in [-0.1, -0.05) is 12.1 Å². The van der Waals surface area contributed by atoms with Gasteiger partial charge in [0.05, 0.1) is 19.8 Å². The summed E-state index contributed by atoms with van der Waals surface area (Å²) in [5.41, 5.74) is 0.899. The van der Waals surface area contributed by atoms with Crippen molar-refractivity contribution in [2.45, 2.75) is 24.1 Å². The van der Waals surface area contributed by atoms with E-state index in [0.717, 1.165) is 30.9 Å². The first-order valence-corrected chi connectivity index (χ1v) is 10.3. The van der Waals surface area contributed by atoms with Gasteiger partial charge in [-0.3, -0.25) is 4.84 Å². The first-order chi connectivity index (χ1) is 12.0. The van der Waals surface area contributed by atoms with E-state index in [4.69, 9.17) is 9.57 Å². The summed E-state index contributed by atoms with van der Waals surface area (Å²) in [7, 11) is -0.0912. The van der Waals surface area contributed by atoms with Crippen LogP contribution in [0.4, 0.5) is 0 Å². The van der Waals surface area contributed by atoms with Crippen LogP contribution < -0.4 is 9.46 Å². The summed E-state index contributed by atoms with van der Waals surface area (Å²) >= 11 is 0. The fourth-order valence-electron chi connectivity index (χ4n) is 3.54. The van der Waals surface area contributed by atoms with Crippen LogP contribution in [-0.2, 0) is 14.9 Å². The predicted molar refractivity (Wildman–Crippen MR) is 95.8 cm³/mol. The molecule has 0 radical (unpaired) electrons. The second-order valence-corrected chi connectivity index (χ2v) is 8.57. The smallest absolute Gasteiger partial charge is 0.218 e. The summed E-state index contributed by atoms with van der Waals surface area (Å²) in [6.07, 6.45) is 2.40. The molecule has 2 heterocycles. The highest BCUT2D eigenvalue weighted by atomic mass is 32.2. The summed E-state index contributed by atoms with van der Waals surface area (Å²) in [6.45, 7) is 3.48. The van der Waals surface area contributed by atoms with Crippen molar-refractivity contribution in [2.24, 2.45) is 0 Å². The van der Waals surface area contributed by atoms with Crippen molar-refractivity contribution < 1.29 is 18.0 Å². The number of rotatable bonds is 7. The van der Waals surface area contributed by atoms with Crippen LogP contribution in [-0.4, -0.2) is 70.6 Å². The molecule has 0 spiro atoms. The first-order valence-electron chi connectivity index (χ1n) is 8.72. The molecular formula is C17H27N3O4S. The van der Waals surface area contributed by atoms with Crippen LogP contribution in [0.5, 0.6) is 5.75 Å². The van der Waals surface area contributed by atoms with Gasteiger partial charge in [0.1, 0.15) is 11.0 Å². The minimum atomic E-state index is -3.47. The average molecular weight is 369 g/mol. The topological polar surface area (TPSA) is 71.1 Å². The van der Waals surface area contributed by atoms with Crippen LogP contribution in [0.2, 0.25) is 0 Å². The number of hydrogen-bond donors (Lipinski definition) is 1. The van der Waals surface area contributed by atoms with Gasteiger partial charge >= 0.3 is 0 Å². The lowest BCUT2D eigenvalue weighted by Gasteiger charge is -2.23. The monoisotopic (exact) mass is 369 g/mol. The Kier molecular flexibility index (Phi) is 5.96. The maximum Gasteiger partial charge on any atom is 0.218 e. The molecule has 1 aromatic carbocycles. The highest BCUT2D eigenvalue weighted by molar-refractivity contribution is 7.90. The fourth-order valence-corrected chi connectivity index (χ4v) is 5.04. The largest absolute Gasteiger partial charge is 0.497 e. The number of methoxy groups -OCH3 is 1. The van der Waals surface area contributed by atoms with Gasteiger partial charge in [0, 0.05) is 20.1 Å². The number of hydroxylamine groups is 2. The second kappa shape index (κ2) is 8.01. The molecule has 1 N–H and O–H groups in total. The van der Waals surface area contributed by atoms with Crippen molar-refractivity contribution in [3.8, 4) is 5.75 Å². The Morgan fingerprint density at radius 3 is 2.56 bits per heavy atom. The molecular weight excluding hydrogens is 342 g/mol. The number of hydrogen-bond acceptors (Lipinski definition) is 6. The van der Waals surface area contributed by atoms with E-state index in [2.05, 4.69) is 9.62 Å². The Balaban J connectivity index is 1.67. The van der Waals surface area contributed by atoms with E-state index in [1.165, 1.54) is 12.8 Å². The van der Waals surface area contributed by atoms with Gasteiger partial charge in [0.15, 0.2) is 0 Å². The first kappa shape index (κ1) is 18.6. The summed E-state index contributed by atoms with van der Waals surface area (Å²) in [4.78, 5) is 7.82. The Morgan fingerprint density at radius 1 is 1.24 bits per heavy atom. The lowest BCUT2D eigenvalue weighted by Crippen LogP contribution is -2.42. The van der Waals surface area contributed by atoms with E-state index in [1.807, 2.05) is 24.3 Å². The van der Waals surface area contributed by atoms with E-state index in [9.17, 15) is 8.42 Å². The van der Waals surface area contributed by atoms with Crippen molar-refractivity contribution in [3.05, 3.63) is 29.8 Å². The van der Waals surface area contributed by atoms with Gasteiger partial charge in [-0.05, 0) is 43.6 Å². The normalized spacial score (nSPS) is 25.5. The van der Waals surface area contributed by atoms with Crippen molar-refractivity contribution in [1.82, 2.24) is 14.7 Å². The standard InChI is InChI=1S/C17H27N3O4S/c1-19-17(14-5-7-15(23-2)8-6-14)16(13-24-19)25(21,22)18-9-12-20-10-3-4-11-20/h5-8,16-18H,3-4,9-13H2,1-2H3. The molecule has 2 saturated heterocycles. The number of ether oxygens (including phenoxy) is 1. The zero-order valence-electron chi connectivity index (χ0n) is 14.8. The van der Waals surface area contributed by atoms with E-state index < -0.39 is 15.3 Å². The van der Waals surface area contributed by atoms with Gasteiger partial charge in [-0.2, -0.15) is 5.06 Å². The SMILES string of the molecule is COc1ccc(C2C(S(=O)(=O)NCCN3CCCC3)CON2C)cc1. The molecule has 2 atom stereocenters. The van der Waals surface area contributed by atoms with Gasteiger partial charge in [-0.15, -0.1) is 0 Å². The van der Waals surface area contributed by atoms with Gasteiger partial charge in [0.2, 0.25) is 10.0 Å². The lowest BCUT2D eigenvalue weighted by atomic mass is 10.0. The van der Waals surface area contributed by atoms with Crippen molar-refractivity contribution in [1.29, 1.82) is 0 Å². The summed E-state index contributed by atoms with van der Waals surface area (Å²) in [5.74, 6) is 0.744. The van der Waals surface area contributed by atoms with Crippen molar-refractivity contribution in [2.75, 3.05) is 46.9 Å². The van der Waals surface area contributed by atoms with Crippen LogP contribution in [0.25, 0.3) is 0 Å². The average Bonchev–Trinajstić information content (AvgIpc) is 3.25. The third-order valence-electron chi connectivity index (χ3n) is 4.97. The van der Waals surface area contributed by atoms with Crippen LogP contribution in [0, 0.1) is 0 Å². The van der Waals surface area contributed by atoms with Crippen molar-refractivity contribution in [3.63, 3.8) is 0 Å². The molecule has 0 aliphatic carbocycles. The highest BCUT2D eigenvalue weighted by Gasteiger charge is 2.43. The van der Waals surface area contributed by atoms with E-state index >= 15 is 0 Å². The quantitative estimate of drug-likeness (QED) is 0.773. The van der Waals surface area contributed by atoms with Gasteiger partial charge in [-0.25, -0.2) is 13.1 Å². The zero-order valence-corrected chi connectivity index (χ0v) is 15.7. The number of sulfonamides is 1. The Hall–Kier alpha value is -1.19. The zero-order chi connectivity index (χ0) is 17.9. The molecule has 8 heteroatoms. The molecule has 2 fully saturated rings. The molecule has 3 rings (SSSR count). The van der Waals surface area contributed by atoms with E-state index in [0.29, 0.717) is 6.54 Å². The number of nitrogens with one attached hydrogen (secondary N) is 1. The fraction of sp³-hybridized carbons (Fsp3) is 0.647. The molecule has 0 amide bonds. The molecule has 25 heavy (non-hydrogen) atoms. The number of nitrogens with zero attached hydrogens (tertiary/aromatic N) is 2. The maximum atomic E-state index is 12.8. The van der Waals surface area contributed by atoms with Gasteiger partial charge < -0.3 is 9.64 Å². The van der Waals surface area contributed by atoms with Crippen LogP contribution in [0.1, 0.15) is 24.4 Å². The van der Waals surface area contributed by atoms with E-state index in [1.54, 1.807) is 19.2 Å². The lowest BCUT2D eigenvalue weighted by molar-refractivity contribution is -0.110. The predicted octanol–water partition coefficient (Wildman–Crippen LogP) is 0.997. The molecule has 7 nitrogen and oxygen atoms in total.